The molecule has 22 heavy (non-hydrogen) atoms. The first-order chi connectivity index (χ1) is 10.5. The summed E-state index contributed by atoms with van der Waals surface area (Å²) in [5, 5.41) is 9.95. The van der Waals surface area contributed by atoms with Gasteiger partial charge in [0.2, 0.25) is 0 Å². The quantitative estimate of drug-likeness (QED) is 0.822. The number of hydrogen-bond donors (Lipinski definition) is 1. The van der Waals surface area contributed by atoms with Crippen molar-refractivity contribution in [1.82, 2.24) is 9.97 Å². The van der Waals surface area contributed by atoms with Gasteiger partial charge in [-0.3, -0.25) is 0 Å². The van der Waals surface area contributed by atoms with Crippen LogP contribution in [0.5, 0.6) is 0 Å². The Balaban J connectivity index is 2.41. The standard InChI is InChI=1S/C15H21N3O3S/c1-9(2)7-21-15(20)12-10(3)11-13(18(4)5-6-19)16-8-17-14(11)22-12/h8-9,19H,5-7H2,1-4H3. The molecule has 0 radical (unpaired) electrons. The monoisotopic (exact) mass is 323 g/mol. The van der Waals surface area contributed by atoms with Gasteiger partial charge in [-0.2, -0.15) is 0 Å². The van der Waals surface area contributed by atoms with Gasteiger partial charge in [-0.05, 0) is 18.4 Å². The number of aliphatic hydroxyl groups excluding tert-OH is 1. The van der Waals surface area contributed by atoms with Gasteiger partial charge >= 0.3 is 5.97 Å². The number of carbonyl (C=O) groups excluding carboxylic acids is 1. The van der Waals surface area contributed by atoms with E-state index in [1.165, 1.54) is 17.7 Å². The Hall–Kier alpha value is -1.73. The lowest BCUT2D eigenvalue weighted by atomic mass is 10.2. The molecular formula is C15H21N3O3S. The van der Waals surface area contributed by atoms with Crippen LogP contribution in [0.1, 0.15) is 29.1 Å². The van der Waals surface area contributed by atoms with Crippen molar-refractivity contribution in [2.45, 2.75) is 20.8 Å². The van der Waals surface area contributed by atoms with E-state index in [2.05, 4.69) is 9.97 Å². The van der Waals surface area contributed by atoms with E-state index >= 15 is 0 Å². The van der Waals surface area contributed by atoms with E-state index in [1.807, 2.05) is 32.7 Å². The first-order valence-electron chi connectivity index (χ1n) is 7.19. The third-order valence-electron chi connectivity index (χ3n) is 3.24. The predicted octanol–water partition coefficient (Wildman–Crippen LogP) is 2.24. The fourth-order valence-electron chi connectivity index (χ4n) is 2.10. The number of aryl methyl sites for hydroxylation is 1. The fraction of sp³-hybridized carbons (Fsp3) is 0.533. The molecule has 0 saturated carbocycles. The van der Waals surface area contributed by atoms with E-state index < -0.39 is 0 Å². The summed E-state index contributed by atoms with van der Waals surface area (Å²) in [7, 11) is 1.85. The lowest BCUT2D eigenvalue weighted by Crippen LogP contribution is -2.22. The van der Waals surface area contributed by atoms with E-state index in [4.69, 9.17) is 9.84 Å². The van der Waals surface area contributed by atoms with Gasteiger partial charge in [0.05, 0.1) is 18.6 Å². The van der Waals surface area contributed by atoms with Crippen molar-refractivity contribution in [1.29, 1.82) is 0 Å². The molecule has 2 rings (SSSR count). The number of carbonyl (C=O) groups is 1. The molecule has 1 N–H and O–H groups in total. The molecule has 2 aromatic heterocycles. The molecule has 6 nitrogen and oxygen atoms in total. The van der Waals surface area contributed by atoms with Crippen molar-refractivity contribution in [3.63, 3.8) is 0 Å². The molecule has 0 bridgehead atoms. The van der Waals surface area contributed by atoms with Gasteiger partial charge in [-0.1, -0.05) is 13.8 Å². The second kappa shape index (κ2) is 7.02. The number of ether oxygens (including phenoxy) is 1. The lowest BCUT2D eigenvalue weighted by molar-refractivity contribution is 0.0464. The van der Waals surface area contributed by atoms with Crippen LogP contribution in [0.2, 0.25) is 0 Å². The number of fused-ring (bicyclic) bond motifs is 1. The normalized spacial score (nSPS) is 11.2. The Morgan fingerprint density at radius 3 is 2.82 bits per heavy atom. The highest BCUT2D eigenvalue weighted by Gasteiger charge is 2.21. The number of aliphatic hydroxyl groups is 1. The number of aromatic nitrogens is 2. The Morgan fingerprint density at radius 1 is 1.45 bits per heavy atom. The molecule has 0 spiro atoms. The van der Waals surface area contributed by atoms with Crippen LogP contribution in [0.25, 0.3) is 10.2 Å². The largest absolute Gasteiger partial charge is 0.461 e. The SMILES string of the molecule is Cc1c(C(=O)OCC(C)C)sc2ncnc(N(C)CCO)c12. The number of thiophene rings is 1. The summed E-state index contributed by atoms with van der Waals surface area (Å²) in [5.74, 6) is 0.699. The third kappa shape index (κ3) is 3.36. The average Bonchev–Trinajstić information content (AvgIpc) is 2.82. The average molecular weight is 323 g/mol. The first-order valence-corrected chi connectivity index (χ1v) is 8.00. The van der Waals surface area contributed by atoms with Gasteiger partial charge in [-0.25, -0.2) is 14.8 Å². The molecular weight excluding hydrogens is 302 g/mol. The Bertz CT molecular complexity index is 669. The zero-order valence-electron chi connectivity index (χ0n) is 13.3. The molecule has 0 unspecified atom stereocenters. The maximum absolute atomic E-state index is 12.2. The van der Waals surface area contributed by atoms with E-state index in [9.17, 15) is 4.79 Å². The molecule has 0 aliphatic rings. The predicted molar refractivity (Wildman–Crippen MR) is 87.6 cm³/mol. The fourth-order valence-corrected chi connectivity index (χ4v) is 3.14. The highest BCUT2D eigenvalue weighted by molar-refractivity contribution is 7.20. The van der Waals surface area contributed by atoms with Crippen LogP contribution in [-0.2, 0) is 4.74 Å². The van der Waals surface area contributed by atoms with Crippen molar-refractivity contribution < 1.29 is 14.6 Å². The summed E-state index contributed by atoms with van der Waals surface area (Å²) < 4.78 is 5.32. The topological polar surface area (TPSA) is 75.5 Å². The molecule has 0 saturated heterocycles. The number of rotatable bonds is 6. The van der Waals surface area contributed by atoms with Crippen molar-refractivity contribution in [2.75, 3.05) is 31.7 Å². The highest BCUT2D eigenvalue weighted by Crippen LogP contribution is 2.34. The van der Waals surface area contributed by atoms with Gasteiger partial charge in [0.25, 0.3) is 0 Å². The number of nitrogens with zero attached hydrogens (tertiary/aromatic N) is 3. The van der Waals surface area contributed by atoms with E-state index in [1.54, 1.807) is 0 Å². The minimum Gasteiger partial charge on any atom is -0.461 e. The molecule has 0 aromatic carbocycles. The van der Waals surface area contributed by atoms with Crippen molar-refractivity contribution in [3.05, 3.63) is 16.8 Å². The Morgan fingerprint density at radius 2 is 2.18 bits per heavy atom. The van der Waals surface area contributed by atoms with Crippen LogP contribution < -0.4 is 4.90 Å². The summed E-state index contributed by atoms with van der Waals surface area (Å²) >= 11 is 1.32. The van der Waals surface area contributed by atoms with Gasteiger partial charge in [-0.15, -0.1) is 11.3 Å². The Kier molecular flexibility index (Phi) is 5.31. The Labute approximate surface area is 133 Å². The van der Waals surface area contributed by atoms with Crippen LogP contribution in [0, 0.1) is 12.8 Å². The highest BCUT2D eigenvalue weighted by atomic mass is 32.1. The zero-order valence-corrected chi connectivity index (χ0v) is 14.1. The second-order valence-electron chi connectivity index (χ2n) is 5.57. The number of hydrogen-bond acceptors (Lipinski definition) is 7. The summed E-state index contributed by atoms with van der Waals surface area (Å²) in [6.45, 7) is 6.78. The van der Waals surface area contributed by atoms with Crippen LogP contribution in [0.4, 0.5) is 5.82 Å². The molecule has 2 aromatic rings. The van der Waals surface area contributed by atoms with Crippen molar-refractivity contribution >= 4 is 33.3 Å². The van der Waals surface area contributed by atoms with Gasteiger partial charge in [0, 0.05) is 13.6 Å². The number of esters is 1. The van der Waals surface area contributed by atoms with Gasteiger partial charge in [0.15, 0.2) is 0 Å². The summed E-state index contributed by atoms with van der Waals surface area (Å²) in [4.78, 5) is 24.0. The van der Waals surface area contributed by atoms with Crippen LogP contribution >= 0.6 is 11.3 Å². The second-order valence-corrected chi connectivity index (χ2v) is 6.57. The molecule has 0 atom stereocenters. The van der Waals surface area contributed by atoms with E-state index in [-0.39, 0.29) is 12.6 Å². The van der Waals surface area contributed by atoms with Crippen LogP contribution in [0.15, 0.2) is 6.33 Å². The number of likely N-dealkylation sites (N-methyl/N-ethyl adjacent to an activating group) is 1. The maximum atomic E-state index is 12.2. The molecule has 0 aliphatic carbocycles. The molecule has 7 heteroatoms. The van der Waals surface area contributed by atoms with Crippen LogP contribution in [0.3, 0.4) is 0 Å². The zero-order chi connectivity index (χ0) is 16.3. The molecule has 0 aliphatic heterocycles. The van der Waals surface area contributed by atoms with Gasteiger partial charge in [0.1, 0.15) is 21.9 Å². The maximum Gasteiger partial charge on any atom is 0.348 e. The van der Waals surface area contributed by atoms with Crippen LogP contribution in [-0.4, -0.2) is 47.8 Å². The number of anilines is 1. The van der Waals surface area contributed by atoms with E-state index in [0.29, 0.717) is 23.9 Å². The lowest BCUT2D eigenvalue weighted by Gasteiger charge is -2.17. The van der Waals surface area contributed by atoms with Gasteiger partial charge < -0.3 is 14.7 Å². The third-order valence-corrected chi connectivity index (χ3v) is 4.42. The summed E-state index contributed by atoms with van der Waals surface area (Å²) in [5.41, 5.74) is 0.828. The minimum absolute atomic E-state index is 0.0362. The summed E-state index contributed by atoms with van der Waals surface area (Å²) in [6, 6.07) is 0. The first kappa shape index (κ1) is 16.6. The summed E-state index contributed by atoms with van der Waals surface area (Å²) in [6.07, 6.45) is 1.48. The minimum atomic E-state index is -0.315. The van der Waals surface area contributed by atoms with Crippen molar-refractivity contribution in [2.24, 2.45) is 5.92 Å². The molecule has 120 valence electrons. The molecule has 0 amide bonds. The molecule has 2 heterocycles. The molecule has 0 fully saturated rings. The smallest absolute Gasteiger partial charge is 0.348 e. The van der Waals surface area contributed by atoms with E-state index in [0.717, 1.165) is 21.6 Å². The van der Waals surface area contributed by atoms with Crippen molar-refractivity contribution in [3.8, 4) is 0 Å².